The molecular weight excluding hydrogens is 540 g/mol. The summed E-state index contributed by atoms with van der Waals surface area (Å²) in [6.07, 6.45) is 3.41. The van der Waals surface area contributed by atoms with E-state index in [1.165, 1.54) is 6.07 Å². The standard InChI is InChI=1S/C34H39F2NO5/c1-18-9-20(7-8-34(6,40)17-38)10-19(2)29(18)23-12-22(26(35)14-27(23)36)16-41-28-13-21-11-24-30(25(21)15-37-28)31(24)32(39)42-33(3,4)5/h9-10,12-15,24,30-31,38,40H,7-8,11,16-17H2,1-6H3. The number of ether oxygens (including phenoxy) is 2. The van der Waals surface area contributed by atoms with Gasteiger partial charge in [0.15, 0.2) is 0 Å². The van der Waals surface area contributed by atoms with E-state index in [2.05, 4.69) is 4.98 Å². The second kappa shape index (κ2) is 11.0. The van der Waals surface area contributed by atoms with Crippen molar-refractivity contribution in [1.29, 1.82) is 0 Å². The number of halogens is 2. The molecule has 0 radical (unpaired) electrons. The van der Waals surface area contributed by atoms with E-state index in [1.54, 1.807) is 13.1 Å². The highest BCUT2D eigenvalue weighted by Crippen LogP contribution is 2.62. The SMILES string of the molecule is Cc1cc(CCC(C)(O)CO)cc(C)c1-c1cc(COc2cc3c(cn2)C2C(C3)C2C(=O)OC(C)(C)C)c(F)cc1F. The van der Waals surface area contributed by atoms with Crippen molar-refractivity contribution in [3.63, 3.8) is 0 Å². The van der Waals surface area contributed by atoms with Crippen LogP contribution in [0.4, 0.5) is 8.78 Å². The molecule has 4 unspecified atom stereocenters. The molecule has 0 saturated heterocycles. The highest BCUT2D eigenvalue weighted by Gasteiger charge is 2.60. The van der Waals surface area contributed by atoms with E-state index in [1.807, 2.05) is 52.8 Å². The zero-order valence-electron chi connectivity index (χ0n) is 25.1. The third-order valence-corrected chi connectivity index (χ3v) is 8.33. The molecule has 0 amide bonds. The first-order valence-corrected chi connectivity index (χ1v) is 14.4. The Morgan fingerprint density at radius 1 is 1.05 bits per heavy atom. The molecular formula is C34H39F2NO5. The Bertz CT molecular complexity index is 1500. The number of nitrogens with zero attached hydrogens (tertiary/aromatic N) is 1. The number of aryl methyl sites for hydroxylation is 3. The van der Waals surface area contributed by atoms with E-state index in [4.69, 9.17) is 9.47 Å². The number of fused-ring (bicyclic) bond motifs is 3. The van der Waals surface area contributed by atoms with Gasteiger partial charge in [-0.15, -0.1) is 0 Å². The Labute approximate surface area is 245 Å². The topological polar surface area (TPSA) is 88.9 Å². The summed E-state index contributed by atoms with van der Waals surface area (Å²) in [6.45, 7) is 10.5. The highest BCUT2D eigenvalue weighted by molar-refractivity contribution is 5.80. The Kier molecular flexibility index (Phi) is 7.92. The molecule has 8 heteroatoms. The van der Waals surface area contributed by atoms with Gasteiger partial charge in [0.25, 0.3) is 0 Å². The maximum atomic E-state index is 15.1. The third kappa shape index (κ3) is 6.20. The monoisotopic (exact) mass is 579 g/mol. The number of esters is 1. The summed E-state index contributed by atoms with van der Waals surface area (Å²) in [6, 6.07) is 8.09. The molecule has 6 nitrogen and oxygen atoms in total. The Morgan fingerprint density at radius 2 is 1.74 bits per heavy atom. The molecule has 2 N–H and O–H groups in total. The van der Waals surface area contributed by atoms with E-state index in [-0.39, 0.29) is 48.1 Å². The minimum absolute atomic E-state index is 0.120. The molecule has 0 aliphatic heterocycles. The summed E-state index contributed by atoms with van der Waals surface area (Å²) >= 11 is 0. The van der Waals surface area contributed by atoms with Crippen LogP contribution in [-0.4, -0.2) is 39.0 Å². The summed E-state index contributed by atoms with van der Waals surface area (Å²) in [5, 5.41) is 19.5. The van der Waals surface area contributed by atoms with Crippen LogP contribution in [0.2, 0.25) is 0 Å². The van der Waals surface area contributed by atoms with Gasteiger partial charge in [0.2, 0.25) is 5.88 Å². The Hall–Kier alpha value is -3.36. The van der Waals surface area contributed by atoms with Crippen LogP contribution in [0.1, 0.15) is 73.4 Å². The number of rotatable bonds is 9. The molecule has 224 valence electrons. The molecule has 0 spiro atoms. The number of pyridine rings is 1. The zero-order valence-corrected chi connectivity index (χ0v) is 25.1. The predicted molar refractivity (Wildman–Crippen MR) is 155 cm³/mol. The first-order chi connectivity index (χ1) is 19.7. The first-order valence-electron chi connectivity index (χ1n) is 14.4. The van der Waals surface area contributed by atoms with Gasteiger partial charge in [-0.2, -0.15) is 0 Å². The van der Waals surface area contributed by atoms with Crippen molar-refractivity contribution in [2.24, 2.45) is 11.8 Å². The summed E-state index contributed by atoms with van der Waals surface area (Å²) in [5.74, 6) is -0.970. The van der Waals surface area contributed by atoms with Crippen LogP contribution in [0.25, 0.3) is 11.1 Å². The van der Waals surface area contributed by atoms with E-state index < -0.39 is 22.8 Å². The van der Waals surface area contributed by atoms with E-state index in [9.17, 15) is 19.4 Å². The number of carbonyl (C=O) groups is 1. The fraction of sp³-hybridized carbons (Fsp3) is 0.471. The molecule has 4 atom stereocenters. The lowest BCUT2D eigenvalue weighted by Gasteiger charge is -2.21. The molecule has 5 rings (SSSR count). The number of aliphatic hydroxyl groups is 2. The predicted octanol–water partition coefficient (Wildman–Crippen LogP) is 6.13. The molecule has 1 fully saturated rings. The number of benzene rings is 2. The lowest BCUT2D eigenvalue weighted by atomic mass is 9.89. The van der Waals surface area contributed by atoms with Gasteiger partial charge in [0.05, 0.1) is 18.1 Å². The fourth-order valence-electron chi connectivity index (χ4n) is 6.20. The van der Waals surface area contributed by atoms with Crippen LogP contribution >= 0.6 is 0 Å². The van der Waals surface area contributed by atoms with Gasteiger partial charge in [-0.1, -0.05) is 12.1 Å². The van der Waals surface area contributed by atoms with Crippen LogP contribution < -0.4 is 4.74 Å². The maximum absolute atomic E-state index is 15.1. The number of hydrogen-bond acceptors (Lipinski definition) is 6. The van der Waals surface area contributed by atoms with Crippen LogP contribution in [0.15, 0.2) is 36.5 Å². The number of aromatic nitrogens is 1. The highest BCUT2D eigenvalue weighted by atomic mass is 19.1. The van der Waals surface area contributed by atoms with Crippen LogP contribution in [-0.2, 0) is 29.0 Å². The first kappa shape index (κ1) is 30.1. The Balaban J connectivity index is 1.29. The second-order valence-electron chi connectivity index (χ2n) is 13.1. The minimum Gasteiger partial charge on any atom is -0.473 e. The molecule has 42 heavy (non-hydrogen) atoms. The van der Waals surface area contributed by atoms with E-state index in [0.717, 1.165) is 40.3 Å². The third-order valence-electron chi connectivity index (χ3n) is 8.33. The quantitative estimate of drug-likeness (QED) is 0.297. The van der Waals surface area contributed by atoms with E-state index >= 15 is 4.39 Å². The summed E-state index contributed by atoms with van der Waals surface area (Å²) in [4.78, 5) is 17.0. The zero-order chi connectivity index (χ0) is 30.6. The van der Waals surface area contributed by atoms with E-state index in [0.29, 0.717) is 24.3 Å². The van der Waals surface area contributed by atoms with Gasteiger partial charge >= 0.3 is 5.97 Å². The average Bonchev–Trinajstić information content (AvgIpc) is 3.48. The molecule has 2 aromatic carbocycles. The van der Waals surface area contributed by atoms with Crippen molar-refractivity contribution in [2.45, 2.75) is 84.5 Å². The fourth-order valence-corrected chi connectivity index (χ4v) is 6.20. The summed E-state index contributed by atoms with van der Waals surface area (Å²) in [5.41, 5.74) is 4.21. The minimum atomic E-state index is -1.17. The number of hydrogen-bond donors (Lipinski definition) is 2. The van der Waals surface area contributed by atoms with Gasteiger partial charge in [-0.25, -0.2) is 13.8 Å². The van der Waals surface area contributed by atoms with Gasteiger partial charge < -0.3 is 19.7 Å². The van der Waals surface area contributed by atoms with Crippen LogP contribution in [0, 0.1) is 37.3 Å². The molecule has 1 saturated carbocycles. The lowest BCUT2D eigenvalue weighted by Crippen LogP contribution is -2.29. The van der Waals surface area contributed by atoms with Crippen molar-refractivity contribution in [3.05, 3.63) is 81.5 Å². The van der Waals surface area contributed by atoms with Crippen molar-refractivity contribution in [3.8, 4) is 17.0 Å². The second-order valence-corrected chi connectivity index (χ2v) is 13.1. The molecule has 3 aromatic rings. The maximum Gasteiger partial charge on any atom is 0.310 e. The van der Waals surface area contributed by atoms with Crippen molar-refractivity contribution < 1.29 is 33.3 Å². The van der Waals surface area contributed by atoms with Crippen molar-refractivity contribution in [2.75, 3.05) is 6.61 Å². The van der Waals surface area contributed by atoms with Crippen LogP contribution in [0.5, 0.6) is 5.88 Å². The summed E-state index contributed by atoms with van der Waals surface area (Å²) in [7, 11) is 0. The number of carbonyl (C=O) groups excluding carboxylic acids is 1. The summed E-state index contributed by atoms with van der Waals surface area (Å²) < 4.78 is 41.4. The smallest absolute Gasteiger partial charge is 0.310 e. The molecule has 0 bridgehead atoms. The number of aliphatic hydroxyl groups excluding tert-OH is 1. The van der Waals surface area contributed by atoms with Gasteiger partial charge in [0.1, 0.15) is 23.8 Å². The van der Waals surface area contributed by atoms with Gasteiger partial charge in [-0.05, 0) is 106 Å². The van der Waals surface area contributed by atoms with Gasteiger partial charge in [-0.3, -0.25) is 4.79 Å². The molecule has 1 aromatic heterocycles. The van der Waals surface area contributed by atoms with Crippen molar-refractivity contribution in [1.82, 2.24) is 4.98 Å². The van der Waals surface area contributed by atoms with Crippen molar-refractivity contribution >= 4 is 5.97 Å². The van der Waals surface area contributed by atoms with Gasteiger partial charge in [0, 0.05) is 35.4 Å². The molecule has 2 aliphatic rings. The van der Waals surface area contributed by atoms with Crippen LogP contribution in [0.3, 0.4) is 0 Å². The lowest BCUT2D eigenvalue weighted by molar-refractivity contribution is -0.157. The normalized spacial score (nSPS) is 20.5. The molecule has 1 heterocycles. The largest absolute Gasteiger partial charge is 0.473 e. The average molecular weight is 580 g/mol. The Morgan fingerprint density at radius 3 is 2.38 bits per heavy atom. The molecule has 2 aliphatic carbocycles.